The highest BCUT2D eigenvalue weighted by molar-refractivity contribution is 7.14. The molecule has 0 saturated carbocycles. The molecule has 3 aromatic rings. The van der Waals surface area contributed by atoms with Crippen LogP contribution in [-0.4, -0.2) is 47.0 Å². The van der Waals surface area contributed by atoms with Gasteiger partial charge in [-0.15, -0.1) is 22.7 Å². The maximum absolute atomic E-state index is 12.4. The number of benzene rings is 1. The van der Waals surface area contributed by atoms with Crippen molar-refractivity contribution in [3.05, 3.63) is 57.7 Å². The highest BCUT2D eigenvalue weighted by Gasteiger charge is 2.22. The fourth-order valence-corrected chi connectivity index (χ4v) is 4.66. The summed E-state index contributed by atoms with van der Waals surface area (Å²) >= 11 is 3.43. The molecule has 1 aliphatic heterocycles. The summed E-state index contributed by atoms with van der Waals surface area (Å²) < 4.78 is 0. The number of hydrogen-bond acceptors (Lipinski definition) is 5. The molecule has 1 N–H and O–H groups in total. The number of carbonyl (C=O) groups is 1. The molecule has 1 aliphatic rings. The van der Waals surface area contributed by atoms with Crippen molar-refractivity contribution in [3.8, 4) is 10.6 Å². The van der Waals surface area contributed by atoms with Gasteiger partial charge >= 0.3 is 6.03 Å². The van der Waals surface area contributed by atoms with Crippen LogP contribution in [0.15, 0.2) is 47.2 Å². The molecule has 0 spiro atoms. The van der Waals surface area contributed by atoms with Crippen LogP contribution < -0.4 is 5.32 Å². The number of aromatic nitrogens is 1. The Labute approximate surface area is 167 Å². The largest absolute Gasteiger partial charge is 0.322 e. The van der Waals surface area contributed by atoms with E-state index in [1.165, 1.54) is 10.4 Å². The first-order valence-corrected chi connectivity index (χ1v) is 10.8. The van der Waals surface area contributed by atoms with Gasteiger partial charge in [-0.3, -0.25) is 4.90 Å². The summed E-state index contributed by atoms with van der Waals surface area (Å²) in [5, 5.41) is 8.33. The third-order valence-corrected chi connectivity index (χ3v) is 6.37. The van der Waals surface area contributed by atoms with Crippen molar-refractivity contribution >= 4 is 34.4 Å². The highest BCUT2D eigenvalue weighted by Crippen LogP contribution is 2.26. The van der Waals surface area contributed by atoms with E-state index in [0.29, 0.717) is 0 Å². The van der Waals surface area contributed by atoms with Gasteiger partial charge in [0.05, 0.1) is 17.1 Å². The van der Waals surface area contributed by atoms with Gasteiger partial charge in [0.25, 0.3) is 0 Å². The minimum atomic E-state index is -0.0206. The van der Waals surface area contributed by atoms with Crippen molar-refractivity contribution in [2.45, 2.75) is 13.5 Å². The quantitative estimate of drug-likeness (QED) is 0.702. The molecule has 2 amide bonds. The van der Waals surface area contributed by atoms with E-state index in [0.717, 1.165) is 49.1 Å². The van der Waals surface area contributed by atoms with E-state index < -0.39 is 0 Å². The first-order valence-electron chi connectivity index (χ1n) is 9.00. The Morgan fingerprint density at radius 2 is 1.89 bits per heavy atom. The van der Waals surface area contributed by atoms with Crippen LogP contribution in [0.1, 0.15) is 10.6 Å². The molecule has 0 atom stereocenters. The van der Waals surface area contributed by atoms with E-state index in [9.17, 15) is 4.79 Å². The number of amides is 2. The molecule has 0 aliphatic carbocycles. The van der Waals surface area contributed by atoms with Gasteiger partial charge in [0, 0.05) is 37.2 Å². The van der Waals surface area contributed by atoms with Crippen LogP contribution >= 0.6 is 22.7 Å². The SMILES string of the molecule is Cc1ccc(NC(=O)N2CCN(Cc3nc(-c4cccs4)cs3)CC2)cc1. The van der Waals surface area contributed by atoms with E-state index in [4.69, 9.17) is 4.98 Å². The van der Waals surface area contributed by atoms with Crippen molar-refractivity contribution in [1.82, 2.24) is 14.8 Å². The van der Waals surface area contributed by atoms with Gasteiger partial charge in [0.1, 0.15) is 5.01 Å². The Bertz CT molecular complexity index is 881. The van der Waals surface area contributed by atoms with Crippen LogP contribution in [0.5, 0.6) is 0 Å². The molecule has 5 nitrogen and oxygen atoms in total. The van der Waals surface area contributed by atoms with Gasteiger partial charge < -0.3 is 10.2 Å². The maximum atomic E-state index is 12.4. The number of rotatable bonds is 4. The maximum Gasteiger partial charge on any atom is 0.321 e. The molecule has 0 bridgehead atoms. The van der Waals surface area contributed by atoms with Crippen LogP contribution in [0, 0.1) is 6.92 Å². The number of carbonyl (C=O) groups excluding carboxylic acids is 1. The number of thiazole rings is 1. The third kappa shape index (κ3) is 4.55. The second-order valence-electron chi connectivity index (χ2n) is 6.66. The number of piperazine rings is 1. The smallest absolute Gasteiger partial charge is 0.321 e. The number of nitrogens with zero attached hydrogens (tertiary/aromatic N) is 3. The predicted octanol–water partition coefficient (Wildman–Crippen LogP) is 4.53. The molecule has 4 rings (SSSR count). The van der Waals surface area contributed by atoms with Crippen LogP contribution in [0.25, 0.3) is 10.6 Å². The topological polar surface area (TPSA) is 48.5 Å². The molecule has 2 aromatic heterocycles. The summed E-state index contributed by atoms with van der Waals surface area (Å²) in [6.07, 6.45) is 0. The Hall–Kier alpha value is -2.22. The molecule has 3 heterocycles. The minimum absolute atomic E-state index is 0.0206. The first-order chi connectivity index (χ1) is 13.2. The molecule has 1 aromatic carbocycles. The molecule has 0 unspecified atom stereocenters. The summed E-state index contributed by atoms with van der Waals surface area (Å²) in [5.41, 5.74) is 3.10. The standard InChI is InChI=1S/C20H22N4OS2/c1-15-4-6-16(7-5-15)21-20(25)24-10-8-23(9-11-24)13-19-22-17(14-27-19)18-3-2-12-26-18/h2-7,12,14H,8-11,13H2,1H3,(H,21,25). The zero-order chi connectivity index (χ0) is 18.6. The number of thiophene rings is 1. The zero-order valence-electron chi connectivity index (χ0n) is 15.2. The lowest BCUT2D eigenvalue weighted by molar-refractivity contribution is 0.143. The second-order valence-corrected chi connectivity index (χ2v) is 8.55. The number of aryl methyl sites for hydroxylation is 1. The number of anilines is 1. The number of urea groups is 1. The average molecular weight is 399 g/mol. The van der Waals surface area contributed by atoms with E-state index in [-0.39, 0.29) is 6.03 Å². The monoisotopic (exact) mass is 398 g/mol. The highest BCUT2D eigenvalue weighted by atomic mass is 32.1. The first kappa shape index (κ1) is 18.2. The average Bonchev–Trinajstić information content (AvgIpc) is 3.36. The van der Waals surface area contributed by atoms with Crippen molar-refractivity contribution in [3.63, 3.8) is 0 Å². The van der Waals surface area contributed by atoms with E-state index in [2.05, 4.69) is 33.1 Å². The summed E-state index contributed by atoms with van der Waals surface area (Å²) in [4.78, 5) is 22.7. The van der Waals surface area contributed by atoms with Gasteiger partial charge in [-0.1, -0.05) is 23.8 Å². The summed E-state index contributed by atoms with van der Waals surface area (Å²) in [6.45, 7) is 6.10. The Morgan fingerprint density at radius 1 is 1.11 bits per heavy atom. The summed E-state index contributed by atoms with van der Waals surface area (Å²) in [5.74, 6) is 0. The molecule has 140 valence electrons. The Balaban J connectivity index is 1.27. The second kappa shape index (κ2) is 8.21. The lowest BCUT2D eigenvalue weighted by Gasteiger charge is -2.34. The lowest BCUT2D eigenvalue weighted by atomic mass is 10.2. The number of nitrogens with one attached hydrogen (secondary N) is 1. The molecule has 7 heteroatoms. The fourth-order valence-electron chi connectivity index (χ4n) is 3.06. The van der Waals surface area contributed by atoms with E-state index in [1.807, 2.05) is 36.1 Å². The Kier molecular flexibility index (Phi) is 5.52. The number of hydrogen-bond donors (Lipinski definition) is 1. The zero-order valence-corrected chi connectivity index (χ0v) is 16.9. The van der Waals surface area contributed by atoms with Crippen molar-refractivity contribution in [2.24, 2.45) is 0 Å². The molecule has 0 radical (unpaired) electrons. The van der Waals surface area contributed by atoms with Gasteiger partial charge in [-0.05, 0) is 30.5 Å². The van der Waals surface area contributed by atoms with Crippen molar-refractivity contribution < 1.29 is 4.79 Å². The third-order valence-electron chi connectivity index (χ3n) is 4.65. The van der Waals surface area contributed by atoms with Crippen molar-refractivity contribution in [1.29, 1.82) is 0 Å². The molecule has 1 fully saturated rings. The summed E-state index contributed by atoms with van der Waals surface area (Å²) in [6, 6.07) is 12.0. The molecule has 27 heavy (non-hydrogen) atoms. The lowest BCUT2D eigenvalue weighted by Crippen LogP contribution is -2.49. The van der Waals surface area contributed by atoms with Crippen LogP contribution in [0.4, 0.5) is 10.5 Å². The molecule has 1 saturated heterocycles. The predicted molar refractivity (Wildman–Crippen MR) is 112 cm³/mol. The van der Waals surface area contributed by atoms with Gasteiger partial charge in [0.2, 0.25) is 0 Å². The van der Waals surface area contributed by atoms with Crippen LogP contribution in [0.3, 0.4) is 0 Å². The van der Waals surface area contributed by atoms with Gasteiger partial charge in [-0.2, -0.15) is 0 Å². The van der Waals surface area contributed by atoms with Crippen molar-refractivity contribution in [2.75, 3.05) is 31.5 Å². The van der Waals surface area contributed by atoms with Crippen LogP contribution in [-0.2, 0) is 6.54 Å². The van der Waals surface area contributed by atoms with Crippen LogP contribution in [0.2, 0.25) is 0 Å². The molecular weight excluding hydrogens is 376 g/mol. The normalized spacial score (nSPS) is 15.1. The van der Waals surface area contributed by atoms with Gasteiger partial charge in [-0.25, -0.2) is 9.78 Å². The van der Waals surface area contributed by atoms with E-state index in [1.54, 1.807) is 22.7 Å². The van der Waals surface area contributed by atoms with Gasteiger partial charge in [0.15, 0.2) is 0 Å². The Morgan fingerprint density at radius 3 is 2.59 bits per heavy atom. The van der Waals surface area contributed by atoms with E-state index >= 15 is 0 Å². The fraction of sp³-hybridized carbons (Fsp3) is 0.300. The minimum Gasteiger partial charge on any atom is -0.322 e. The summed E-state index contributed by atoms with van der Waals surface area (Å²) in [7, 11) is 0. The molecular formula is C20H22N4OS2.